The molecule has 7 nitrogen and oxygen atoms in total. The maximum Gasteiger partial charge on any atom is 0.270 e. The summed E-state index contributed by atoms with van der Waals surface area (Å²) in [4.78, 5) is 10.1. The van der Waals surface area contributed by atoms with Crippen LogP contribution in [0.2, 0.25) is 0 Å². The highest BCUT2D eigenvalue weighted by atomic mass is 16.6. The molecule has 1 heterocycles. The van der Waals surface area contributed by atoms with E-state index in [-0.39, 0.29) is 11.3 Å². The van der Waals surface area contributed by atoms with Gasteiger partial charge in [-0.15, -0.1) is 0 Å². The summed E-state index contributed by atoms with van der Waals surface area (Å²) in [5.41, 5.74) is 1.71. The Balaban J connectivity index is 2.02. The van der Waals surface area contributed by atoms with Crippen molar-refractivity contribution >= 4 is 11.4 Å². The zero-order chi connectivity index (χ0) is 14.5. The maximum atomic E-state index is 10.6. The third-order valence-corrected chi connectivity index (χ3v) is 2.80. The third kappa shape index (κ3) is 3.11. The van der Waals surface area contributed by atoms with Gasteiger partial charge in [-0.25, -0.2) is 0 Å². The van der Waals surface area contributed by atoms with Crippen molar-refractivity contribution in [1.29, 1.82) is 5.26 Å². The van der Waals surface area contributed by atoms with Gasteiger partial charge < -0.3 is 5.32 Å². The van der Waals surface area contributed by atoms with E-state index in [0.29, 0.717) is 18.7 Å². The van der Waals surface area contributed by atoms with E-state index in [9.17, 15) is 10.1 Å². The summed E-state index contributed by atoms with van der Waals surface area (Å²) in [6, 6.07) is 8.07. The van der Waals surface area contributed by atoms with Crippen LogP contribution < -0.4 is 5.32 Å². The van der Waals surface area contributed by atoms with E-state index in [0.717, 1.165) is 5.69 Å². The Hall–Kier alpha value is -2.88. The number of nitrogens with zero attached hydrogens (tertiary/aromatic N) is 4. The number of nitrogens with one attached hydrogen (secondary N) is 1. The lowest BCUT2D eigenvalue weighted by atomic mass is 10.1. The SMILES string of the molecule is Cn1ccc(CCNc2ccc([N+](=O)[O-])cc2C#N)n1. The Labute approximate surface area is 115 Å². The van der Waals surface area contributed by atoms with Crippen LogP contribution in [0.15, 0.2) is 30.5 Å². The van der Waals surface area contributed by atoms with Crippen molar-refractivity contribution in [1.82, 2.24) is 9.78 Å². The van der Waals surface area contributed by atoms with Gasteiger partial charge in [0.2, 0.25) is 0 Å². The molecule has 0 fully saturated rings. The van der Waals surface area contributed by atoms with Gasteiger partial charge in [0.15, 0.2) is 0 Å². The van der Waals surface area contributed by atoms with Crippen molar-refractivity contribution in [3.63, 3.8) is 0 Å². The van der Waals surface area contributed by atoms with Crippen LogP contribution in [0.1, 0.15) is 11.3 Å². The molecule has 7 heteroatoms. The van der Waals surface area contributed by atoms with Crippen LogP contribution in [0.4, 0.5) is 11.4 Å². The number of nitriles is 1. The predicted octanol–water partition coefficient (Wildman–Crippen LogP) is 1.85. The first kappa shape index (κ1) is 13.5. The van der Waals surface area contributed by atoms with E-state index < -0.39 is 4.92 Å². The van der Waals surface area contributed by atoms with Crippen LogP contribution in [0, 0.1) is 21.4 Å². The minimum absolute atomic E-state index is 0.0863. The molecule has 0 bridgehead atoms. The fourth-order valence-electron chi connectivity index (χ4n) is 1.81. The fourth-order valence-corrected chi connectivity index (χ4v) is 1.81. The van der Waals surface area contributed by atoms with Gasteiger partial charge in [0.05, 0.1) is 21.9 Å². The number of non-ortho nitro benzene ring substituents is 1. The zero-order valence-electron chi connectivity index (χ0n) is 10.9. The number of aromatic nitrogens is 2. The predicted molar refractivity (Wildman–Crippen MR) is 73.2 cm³/mol. The Morgan fingerprint density at radius 2 is 2.30 bits per heavy atom. The Morgan fingerprint density at radius 1 is 1.50 bits per heavy atom. The number of benzene rings is 1. The molecule has 0 aliphatic carbocycles. The molecule has 0 spiro atoms. The highest BCUT2D eigenvalue weighted by Crippen LogP contribution is 2.21. The van der Waals surface area contributed by atoms with Crippen molar-refractivity contribution in [2.75, 3.05) is 11.9 Å². The van der Waals surface area contributed by atoms with Gasteiger partial charge >= 0.3 is 0 Å². The first-order valence-corrected chi connectivity index (χ1v) is 6.01. The second-order valence-electron chi connectivity index (χ2n) is 4.26. The van der Waals surface area contributed by atoms with E-state index in [1.165, 1.54) is 12.1 Å². The summed E-state index contributed by atoms with van der Waals surface area (Å²) in [5, 5.41) is 27.0. The minimum Gasteiger partial charge on any atom is -0.384 e. The monoisotopic (exact) mass is 271 g/mol. The molecule has 0 saturated heterocycles. The van der Waals surface area contributed by atoms with Crippen molar-refractivity contribution in [3.05, 3.63) is 51.8 Å². The summed E-state index contributed by atoms with van der Waals surface area (Å²) in [5.74, 6) is 0. The van der Waals surface area contributed by atoms with Gasteiger partial charge in [-0.05, 0) is 12.1 Å². The van der Waals surface area contributed by atoms with Crippen LogP contribution in [0.25, 0.3) is 0 Å². The molecular formula is C13H13N5O2. The minimum atomic E-state index is -0.515. The smallest absolute Gasteiger partial charge is 0.270 e. The molecule has 0 radical (unpaired) electrons. The van der Waals surface area contributed by atoms with Gasteiger partial charge in [0.1, 0.15) is 6.07 Å². The van der Waals surface area contributed by atoms with Crippen molar-refractivity contribution in [2.24, 2.45) is 7.05 Å². The molecule has 1 aromatic heterocycles. The first-order chi connectivity index (χ1) is 9.60. The number of aryl methyl sites for hydroxylation is 1. The summed E-state index contributed by atoms with van der Waals surface area (Å²) in [6.07, 6.45) is 2.57. The molecule has 0 unspecified atom stereocenters. The topological polar surface area (TPSA) is 96.8 Å². The Kier molecular flexibility index (Phi) is 3.96. The molecular weight excluding hydrogens is 258 g/mol. The van der Waals surface area contributed by atoms with Crippen LogP contribution in [0.5, 0.6) is 0 Å². The maximum absolute atomic E-state index is 10.6. The molecule has 102 valence electrons. The number of hydrogen-bond donors (Lipinski definition) is 1. The van der Waals surface area contributed by atoms with Crippen LogP contribution >= 0.6 is 0 Å². The van der Waals surface area contributed by atoms with Crippen molar-refractivity contribution in [2.45, 2.75) is 6.42 Å². The van der Waals surface area contributed by atoms with E-state index in [1.54, 1.807) is 10.7 Å². The lowest BCUT2D eigenvalue weighted by Crippen LogP contribution is -2.07. The third-order valence-electron chi connectivity index (χ3n) is 2.80. The quantitative estimate of drug-likeness (QED) is 0.661. The Morgan fingerprint density at radius 3 is 2.90 bits per heavy atom. The highest BCUT2D eigenvalue weighted by Gasteiger charge is 2.10. The summed E-state index contributed by atoms with van der Waals surface area (Å²) < 4.78 is 1.72. The standard InChI is InChI=1S/C13H13N5O2/c1-17-7-5-11(16-17)4-6-15-13-3-2-12(18(19)20)8-10(13)9-14/h2-3,5,7-8,15H,4,6H2,1H3. The molecule has 0 atom stereocenters. The number of rotatable bonds is 5. The molecule has 2 aromatic rings. The van der Waals surface area contributed by atoms with Crippen LogP contribution in [-0.2, 0) is 13.5 Å². The number of anilines is 1. The van der Waals surface area contributed by atoms with E-state index in [2.05, 4.69) is 10.4 Å². The normalized spacial score (nSPS) is 10.0. The molecule has 0 amide bonds. The molecule has 20 heavy (non-hydrogen) atoms. The van der Waals surface area contributed by atoms with Crippen molar-refractivity contribution < 1.29 is 4.92 Å². The summed E-state index contributed by atoms with van der Waals surface area (Å²) in [7, 11) is 1.85. The fraction of sp³-hybridized carbons (Fsp3) is 0.231. The number of nitro groups is 1. The van der Waals surface area contributed by atoms with E-state index in [1.807, 2.05) is 25.4 Å². The second-order valence-corrected chi connectivity index (χ2v) is 4.26. The molecule has 0 aliphatic heterocycles. The molecule has 1 aromatic carbocycles. The van der Waals surface area contributed by atoms with Gasteiger partial charge in [0.25, 0.3) is 5.69 Å². The average Bonchev–Trinajstić information content (AvgIpc) is 2.84. The number of hydrogen-bond acceptors (Lipinski definition) is 5. The van der Waals surface area contributed by atoms with Gasteiger partial charge in [0, 0.05) is 38.3 Å². The summed E-state index contributed by atoms with van der Waals surface area (Å²) >= 11 is 0. The second kappa shape index (κ2) is 5.84. The van der Waals surface area contributed by atoms with Gasteiger partial charge in [-0.1, -0.05) is 0 Å². The first-order valence-electron chi connectivity index (χ1n) is 6.01. The van der Waals surface area contributed by atoms with Crippen LogP contribution in [-0.4, -0.2) is 21.2 Å². The van der Waals surface area contributed by atoms with Crippen molar-refractivity contribution in [3.8, 4) is 6.07 Å². The van der Waals surface area contributed by atoms with Gasteiger partial charge in [-0.2, -0.15) is 10.4 Å². The van der Waals surface area contributed by atoms with E-state index >= 15 is 0 Å². The molecule has 2 rings (SSSR count). The lowest BCUT2D eigenvalue weighted by molar-refractivity contribution is -0.384. The zero-order valence-corrected chi connectivity index (χ0v) is 10.9. The largest absolute Gasteiger partial charge is 0.384 e. The lowest BCUT2D eigenvalue weighted by Gasteiger charge is -2.06. The highest BCUT2D eigenvalue weighted by molar-refractivity contribution is 5.61. The molecule has 0 saturated carbocycles. The number of nitro benzene ring substituents is 1. The average molecular weight is 271 g/mol. The van der Waals surface area contributed by atoms with Gasteiger partial charge in [-0.3, -0.25) is 14.8 Å². The Bertz CT molecular complexity index is 672. The molecule has 0 aliphatic rings. The van der Waals surface area contributed by atoms with Crippen LogP contribution in [0.3, 0.4) is 0 Å². The van der Waals surface area contributed by atoms with E-state index in [4.69, 9.17) is 5.26 Å². The summed E-state index contributed by atoms with van der Waals surface area (Å²) in [6.45, 7) is 0.601. The molecule has 1 N–H and O–H groups in total.